The van der Waals surface area contributed by atoms with Crippen molar-refractivity contribution in [2.75, 3.05) is 0 Å². The van der Waals surface area contributed by atoms with Gasteiger partial charge in [0, 0.05) is 9.75 Å². The van der Waals surface area contributed by atoms with Gasteiger partial charge in [0.15, 0.2) is 0 Å². The van der Waals surface area contributed by atoms with E-state index in [0.29, 0.717) is 0 Å². The standard InChI is InChI=1S/C13H22OS/c1-4-5-6-7-8-13(14)12-9-10(2)15-11(12)3/h9,13-14H,4-8H2,1-3H3. The quantitative estimate of drug-likeness (QED) is 0.714. The SMILES string of the molecule is CCCCCCC(O)c1cc(C)sc1C. The molecule has 1 atom stereocenters. The van der Waals surface area contributed by atoms with E-state index in [4.69, 9.17) is 0 Å². The molecule has 1 rings (SSSR count). The largest absolute Gasteiger partial charge is 0.388 e. The van der Waals surface area contributed by atoms with Crippen LogP contribution in [0.2, 0.25) is 0 Å². The summed E-state index contributed by atoms with van der Waals surface area (Å²) in [6.45, 7) is 6.41. The van der Waals surface area contributed by atoms with E-state index in [1.54, 1.807) is 11.3 Å². The molecule has 1 nitrogen and oxygen atoms in total. The fourth-order valence-electron chi connectivity index (χ4n) is 1.90. The van der Waals surface area contributed by atoms with E-state index in [-0.39, 0.29) is 6.10 Å². The van der Waals surface area contributed by atoms with Crippen LogP contribution in [0, 0.1) is 13.8 Å². The van der Waals surface area contributed by atoms with Crippen LogP contribution in [-0.2, 0) is 0 Å². The highest BCUT2D eigenvalue weighted by atomic mass is 32.1. The normalized spacial score (nSPS) is 13.1. The number of aliphatic hydroxyl groups excluding tert-OH is 1. The summed E-state index contributed by atoms with van der Waals surface area (Å²) in [4.78, 5) is 2.57. The summed E-state index contributed by atoms with van der Waals surface area (Å²) in [5.41, 5.74) is 1.15. The summed E-state index contributed by atoms with van der Waals surface area (Å²) < 4.78 is 0. The zero-order chi connectivity index (χ0) is 11.3. The molecule has 0 aliphatic heterocycles. The second-order valence-electron chi connectivity index (χ2n) is 4.23. The molecule has 15 heavy (non-hydrogen) atoms. The zero-order valence-electron chi connectivity index (χ0n) is 10.0. The number of aliphatic hydroxyl groups is 1. The van der Waals surface area contributed by atoms with E-state index in [0.717, 1.165) is 18.4 Å². The molecule has 1 N–H and O–H groups in total. The fraction of sp³-hybridized carbons (Fsp3) is 0.692. The van der Waals surface area contributed by atoms with E-state index in [1.807, 2.05) is 0 Å². The first kappa shape index (κ1) is 12.7. The molecule has 0 saturated heterocycles. The van der Waals surface area contributed by atoms with Gasteiger partial charge in [-0.05, 0) is 31.9 Å². The lowest BCUT2D eigenvalue weighted by molar-refractivity contribution is 0.163. The molecule has 1 unspecified atom stereocenters. The fourth-order valence-corrected chi connectivity index (χ4v) is 2.88. The van der Waals surface area contributed by atoms with Gasteiger partial charge in [0.25, 0.3) is 0 Å². The second kappa shape index (κ2) is 6.29. The molecule has 2 heteroatoms. The molecule has 0 radical (unpaired) electrons. The average molecular weight is 226 g/mol. The summed E-state index contributed by atoms with van der Waals surface area (Å²) in [5, 5.41) is 10.0. The molecular formula is C13H22OS. The van der Waals surface area contributed by atoms with Crippen LogP contribution in [0.25, 0.3) is 0 Å². The molecule has 1 aromatic heterocycles. The van der Waals surface area contributed by atoms with Crippen LogP contribution < -0.4 is 0 Å². The summed E-state index contributed by atoms with van der Waals surface area (Å²) in [7, 11) is 0. The van der Waals surface area contributed by atoms with Crippen molar-refractivity contribution in [3.63, 3.8) is 0 Å². The Morgan fingerprint density at radius 3 is 2.53 bits per heavy atom. The highest BCUT2D eigenvalue weighted by Crippen LogP contribution is 2.29. The van der Waals surface area contributed by atoms with Crippen molar-refractivity contribution in [1.29, 1.82) is 0 Å². The predicted molar refractivity (Wildman–Crippen MR) is 67.5 cm³/mol. The van der Waals surface area contributed by atoms with Crippen LogP contribution in [0.5, 0.6) is 0 Å². The van der Waals surface area contributed by atoms with Crippen LogP contribution in [0.15, 0.2) is 6.07 Å². The van der Waals surface area contributed by atoms with E-state index in [2.05, 4.69) is 26.8 Å². The van der Waals surface area contributed by atoms with Gasteiger partial charge in [-0.2, -0.15) is 0 Å². The van der Waals surface area contributed by atoms with E-state index >= 15 is 0 Å². The number of thiophene rings is 1. The molecule has 0 bridgehead atoms. The number of unbranched alkanes of at least 4 members (excludes halogenated alkanes) is 3. The molecule has 0 amide bonds. The van der Waals surface area contributed by atoms with Crippen molar-refractivity contribution in [2.45, 2.75) is 59.0 Å². The van der Waals surface area contributed by atoms with Gasteiger partial charge in [0.2, 0.25) is 0 Å². The third kappa shape index (κ3) is 3.96. The first-order valence-electron chi connectivity index (χ1n) is 5.90. The first-order valence-corrected chi connectivity index (χ1v) is 6.71. The Bertz CT molecular complexity index is 291. The minimum absolute atomic E-state index is 0.244. The third-order valence-electron chi connectivity index (χ3n) is 2.77. The van der Waals surface area contributed by atoms with Crippen LogP contribution in [0.4, 0.5) is 0 Å². The van der Waals surface area contributed by atoms with Crippen molar-refractivity contribution < 1.29 is 5.11 Å². The van der Waals surface area contributed by atoms with Crippen molar-refractivity contribution >= 4 is 11.3 Å². The highest BCUT2D eigenvalue weighted by molar-refractivity contribution is 7.12. The van der Waals surface area contributed by atoms with E-state index in [9.17, 15) is 5.11 Å². The van der Waals surface area contributed by atoms with Gasteiger partial charge in [-0.25, -0.2) is 0 Å². The average Bonchev–Trinajstić information content (AvgIpc) is 2.52. The third-order valence-corrected chi connectivity index (χ3v) is 3.75. The van der Waals surface area contributed by atoms with Crippen molar-refractivity contribution in [2.24, 2.45) is 0 Å². The molecule has 0 aliphatic rings. The minimum Gasteiger partial charge on any atom is -0.388 e. The van der Waals surface area contributed by atoms with Gasteiger partial charge in [0.05, 0.1) is 6.10 Å². The number of rotatable bonds is 6. The molecule has 0 aromatic carbocycles. The lowest BCUT2D eigenvalue weighted by Gasteiger charge is -2.09. The molecule has 0 fully saturated rings. The Hall–Kier alpha value is -0.340. The predicted octanol–water partition coefficient (Wildman–Crippen LogP) is 4.37. The topological polar surface area (TPSA) is 20.2 Å². The Labute approximate surface area is 97.2 Å². The smallest absolute Gasteiger partial charge is 0.0800 e. The first-order chi connectivity index (χ1) is 7.15. The number of aryl methyl sites for hydroxylation is 2. The van der Waals surface area contributed by atoms with Crippen molar-refractivity contribution in [3.05, 3.63) is 21.4 Å². The van der Waals surface area contributed by atoms with Gasteiger partial charge in [-0.15, -0.1) is 11.3 Å². The van der Waals surface area contributed by atoms with Crippen LogP contribution >= 0.6 is 11.3 Å². The Balaban J connectivity index is 2.39. The van der Waals surface area contributed by atoms with Crippen molar-refractivity contribution in [1.82, 2.24) is 0 Å². The Kier molecular flexibility index (Phi) is 5.34. The minimum atomic E-state index is -0.244. The van der Waals surface area contributed by atoms with Crippen LogP contribution in [-0.4, -0.2) is 5.11 Å². The van der Waals surface area contributed by atoms with Crippen LogP contribution in [0.3, 0.4) is 0 Å². The summed E-state index contributed by atoms with van der Waals surface area (Å²) in [6, 6.07) is 2.13. The zero-order valence-corrected chi connectivity index (χ0v) is 10.9. The van der Waals surface area contributed by atoms with E-state index < -0.39 is 0 Å². The molecule has 86 valence electrons. The molecule has 0 aliphatic carbocycles. The maximum Gasteiger partial charge on any atom is 0.0800 e. The van der Waals surface area contributed by atoms with Crippen molar-refractivity contribution in [3.8, 4) is 0 Å². The Morgan fingerprint density at radius 1 is 1.27 bits per heavy atom. The molecule has 1 aromatic rings. The summed E-state index contributed by atoms with van der Waals surface area (Å²) in [6.07, 6.45) is 5.60. The second-order valence-corrected chi connectivity index (χ2v) is 5.69. The maximum atomic E-state index is 10.0. The Morgan fingerprint density at radius 2 is 2.00 bits per heavy atom. The van der Waals surface area contributed by atoms with Gasteiger partial charge in [0.1, 0.15) is 0 Å². The summed E-state index contributed by atoms with van der Waals surface area (Å²) >= 11 is 1.78. The van der Waals surface area contributed by atoms with Gasteiger partial charge < -0.3 is 5.11 Å². The molecule has 1 heterocycles. The van der Waals surface area contributed by atoms with E-state index in [1.165, 1.54) is 29.0 Å². The molecular weight excluding hydrogens is 204 g/mol. The number of hydrogen-bond donors (Lipinski definition) is 1. The summed E-state index contributed by atoms with van der Waals surface area (Å²) in [5.74, 6) is 0. The van der Waals surface area contributed by atoms with Crippen LogP contribution in [0.1, 0.15) is 60.4 Å². The monoisotopic (exact) mass is 226 g/mol. The lowest BCUT2D eigenvalue weighted by Crippen LogP contribution is -1.97. The molecule has 0 saturated carbocycles. The number of hydrogen-bond acceptors (Lipinski definition) is 2. The van der Waals surface area contributed by atoms with Gasteiger partial charge in [-0.3, -0.25) is 0 Å². The van der Waals surface area contributed by atoms with Gasteiger partial charge in [-0.1, -0.05) is 32.6 Å². The highest BCUT2D eigenvalue weighted by Gasteiger charge is 2.12. The molecule has 0 spiro atoms. The maximum absolute atomic E-state index is 10.0. The lowest BCUT2D eigenvalue weighted by atomic mass is 10.0. The van der Waals surface area contributed by atoms with Gasteiger partial charge >= 0.3 is 0 Å².